The van der Waals surface area contributed by atoms with Crippen LogP contribution in [0.25, 0.3) is 0 Å². The minimum atomic E-state index is -0.250. The predicted molar refractivity (Wildman–Crippen MR) is 47.0 cm³/mol. The third kappa shape index (κ3) is 2.29. The molecule has 0 amide bonds. The fraction of sp³-hybridized carbons (Fsp3) is 0.333. The molecule has 12 heavy (non-hydrogen) atoms. The number of hydrogen-bond donors (Lipinski definition) is 2. The van der Waals surface area contributed by atoms with Crippen LogP contribution in [0.5, 0.6) is 0 Å². The van der Waals surface area contributed by atoms with E-state index in [0.717, 1.165) is 5.56 Å². The first-order valence-electron chi connectivity index (χ1n) is 3.95. The van der Waals surface area contributed by atoms with Gasteiger partial charge in [-0.1, -0.05) is 12.1 Å². The molecule has 0 saturated carbocycles. The van der Waals surface area contributed by atoms with Crippen molar-refractivity contribution < 1.29 is 4.39 Å². The van der Waals surface area contributed by atoms with Gasteiger partial charge in [-0.05, 0) is 30.7 Å². The quantitative estimate of drug-likeness (QED) is 0.712. The smallest absolute Gasteiger partial charge is 0.123 e. The van der Waals surface area contributed by atoms with Crippen molar-refractivity contribution in [2.75, 3.05) is 6.54 Å². The van der Waals surface area contributed by atoms with Crippen LogP contribution in [0, 0.1) is 5.82 Å². The molecule has 0 heterocycles. The molecule has 0 aromatic heterocycles. The summed E-state index contributed by atoms with van der Waals surface area (Å²) < 4.78 is 12.7. The molecule has 1 aromatic carbocycles. The molecule has 0 bridgehead atoms. The van der Waals surface area contributed by atoms with Crippen molar-refractivity contribution in [3.8, 4) is 0 Å². The van der Waals surface area contributed by atoms with Crippen LogP contribution in [0.1, 0.15) is 18.0 Å². The molecule has 0 fully saturated rings. The van der Waals surface area contributed by atoms with Gasteiger partial charge >= 0.3 is 0 Å². The normalized spacial score (nSPS) is 12.9. The zero-order valence-corrected chi connectivity index (χ0v) is 6.83. The van der Waals surface area contributed by atoms with E-state index < -0.39 is 0 Å². The first kappa shape index (κ1) is 9.16. The van der Waals surface area contributed by atoms with Crippen LogP contribution in [0.3, 0.4) is 0 Å². The summed E-state index contributed by atoms with van der Waals surface area (Å²) >= 11 is 0. The number of nitrogens with two attached hydrogens (primary N) is 2. The average Bonchev–Trinajstić information content (AvgIpc) is 2.05. The second-order valence-corrected chi connectivity index (χ2v) is 2.74. The lowest BCUT2D eigenvalue weighted by atomic mass is 10.1. The molecule has 1 atom stereocenters. The molecule has 2 nitrogen and oxygen atoms in total. The van der Waals surface area contributed by atoms with Crippen LogP contribution < -0.4 is 11.5 Å². The average molecular weight is 168 g/mol. The minimum Gasteiger partial charge on any atom is -0.330 e. The Morgan fingerprint density at radius 2 is 2.17 bits per heavy atom. The highest BCUT2D eigenvalue weighted by Crippen LogP contribution is 2.13. The van der Waals surface area contributed by atoms with Crippen LogP contribution in [0.4, 0.5) is 4.39 Å². The zero-order valence-electron chi connectivity index (χ0n) is 6.83. The fourth-order valence-corrected chi connectivity index (χ4v) is 1.08. The summed E-state index contributed by atoms with van der Waals surface area (Å²) in [5.74, 6) is -0.250. The predicted octanol–water partition coefficient (Wildman–Crippen LogP) is 1.17. The van der Waals surface area contributed by atoms with Gasteiger partial charge < -0.3 is 11.5 Å². The number of rotatable bonds is 3. The van der Waals surface area contributed by atoms with E-state index in [1.54, 1.807) is 6.07 Å². The van der Waals surface area contributed by atoms with Crippen molar-refractivity contribution in [1.82, 2.24) is 0 Å². The summed E-state index contributed by atoms with van der Waals surface area (Å²) in [6.07, 6.45) is 0.684. The van der Waals surface area contributed by atoms with Gasteiger partial charge in [-0.25, -0.2) is 4.39 Å². The Balaban J connectivity index is 2.73. The highest BCUT2D eigenvalue weighted by Gasteiger charge is 2.04. The molecule has 1 rings (SSSR count). The Morgan fingerprint density at radius 1 is 1.42 bits per heavy atom. The number of benzene rings is 1. The van der Waals surface area contributed by atoms with E-state index in [1.807, 2.05) is 6.07 Å². The van der Waals surface area contributed by atoms with E-state index in [9.17, 15) is 4.39 Å². The van der Waals surface area contributed by atoms with Gasteiger partial charge in [0.1, 0.15) is 5.82 Å². The monoisotopic (exact) mass is 168 g/mol. The molecule has 3 heteroatoms. The topological polar surface area (TPSA) is 52.0 Å². The van der Waals surface area contributed by atoms with Gasteiger partial charge in [0.15, 0.2) is 0 Å². The maximum atomic E-state index is 12.7. The molecule has 0 aliphatic rings. The van der Waals surface area contributed by atoms with Gasteiger partial charge in [0, 0.05) is 6.04 Å². The second kappa shape index (κ2) is 4.18. The standard InChI is InChI=1S/C9H13FN2/c10-8-3-1-2-7(6-8)9(12)4-5-11/h1-3,6,9H,4-5,11-12H2. The zero-order chi connectivity index (χ0) is 8.97. The summed E-state index contributed by atoms with van der Waals surface area (Å²) in [6.45, 7) is 0.525. The highest BCUT2D eigenvalue weighted by molar-refractivity contribution is 5.19. The van der Waals surface area contributed by atoms with Gasteiger partial charge in [-0.15, -0.1) is 0 Å². The molecule has 4 N–H and O–H groups in total. The molecular weight excluding hydrogens is 155 g/mol. The largest absolute Gasteiger partial charge is 0.330 e. The molecular formula is C9H13FN2. The Kier molecular flexibility index (Phi) is 3.19. The van der Waals surface area contributed by atoms with Crippen LogP contribution in [-0.2, 0) is 0 Å². The first-order valence-corrected chi connectivity index (χ1v) is 3.95. The van der Waals surface area contributed by atoms with E-state index in [-0.39, 0.29) is 11.9 Å². The second-order valence-electron chi connectivity index (χ2n) is 2.74. The SMILES string of the molecule is NCCC(N)c1cccc(F)c1. The Morgan fingerprint density at radius 3 is 2.75 bits per heavy atom. The maximum absolute atomic E-state index is 12.7. The van der Waals surface area contributed by atoms with Crippen LogP contribution in [0.2, 0.25) is 0 Å². The van der Waals surface area contributed by atoms with Crippen molar-refractivity contribution in [2.24, 2.45) is 11.5 Å². The maximum Gasteiger partial charge on any atom is 0.123 e. The van der Waals surface area contributed by atoms with Crippen molar-refractivity contribution in [3.63, 3.8) is 0 Å². The molecule has 0 saturated heterocycles. The van der Waals surface area contributed by atoms with Crippen molar-refractivity contribution >= 4 is 0 Å². The minimum absolute atomic E-state index is 0.148. The third-order valence-corrected chi connectivity index (χ3v) is 1.75. The van der Waals surface area contributed by atoms with Gasteiger partial charge in [0.05, 0.1) is 0 Å². The van der Waals surface area contributed by atoms with Gasteiger partial charge in [-0.2, -0.15) is 0 Å². The summed E-state index contributed by atoms with van der Waals surface area (Å²) in [5, 5.41) is 0. The molecule has 0 radical (unpaired) electrons. The molecule has 1 unspecified atom stereocenters. The van der Waals surface area contributed by atoms with E-state index in [2.05, 4.69) is 0 Å². The van der Waals surface area contributed by atoms with E-state index >= 15 is 0 Å². The lowest BCUT2D eigenvalue weighted by molar-refractivity contribution is 0.611. The van der Waals surface area contributed by atoms with E-state index in [0.29, 0.717) is 13.0 Å². The van der Waals surface area contributed by atoms with Crippen LogP contribution >= 0.6 is 0 Å². The molecule has 1 aromatic rings. The van der Waals surface area contributed by atoms with E-state index in [4.69, 9.17) is 11.5 Å². The van der Waals surface area contributed by atoms with Crippen LogP contribution in [-0.4, -0.2) is 6.54 Å². The summed E-state index contributed by atoms with van der Waals surface area (Å²) in [4.78, 5) is 0. The number of hydrogen-bond acceptors (Lipinski definition) is 2. The number of halogens is 1. The lowest BCUT2D eigenvalue weighted by Crippen LogP contribution is -2.15. The van der Waals surface area contributed by atoms with Gasteiger partial charge in [-0.3, -0.25) is 0 Å². The third-order valence-electron chi connectivity index (χ3n) is 1.75. The Bertz CT molecular complexity index is 250. The molecule has 0 aliphatic carbocycles. The van der Waals surface area contributed by atoms with Crippen molar-refractivity contribution in [3.05, 3.63) is 35.6 Å². The summed E-state index contributed by atoms with van der Waals surface area (Å²) in [7, 11) is 0. The summed E-state index contributed by atoms with van der Waals surface area (Å²) in [5.41, 5.74) is 11.9. The van der Waals surface area contributed by atoms with Crippen LogP contribution in [0.15, 0.2) is 24.3 Å². The van der Waals surface area contributed by atoms with Crippen molar-refractivity contribution in [2.45, 2.75) is 12.5 Å². The lowest BCUT2D eigenvalue weighted by Gasteiger charge is -2.09. The molecule has 0 spiro atoms. The Hall–Kier alpha value is -0.930. The van der Waals surface area contributed by atoms with Crippen molar-refractivity contribution in [1.29, 1.82) is 0 Å². The van der Waals surface area contributed by atoms with Gasteiger partial charge in [0.2, 0.25) is 0 Å². The molecule has 66 valence electrons. The fourth-order valence-electron chi connectivity index (χ4n) is 1.08. The summed E-state index contributed by atoms with van der Waals surface area (Å²) in [6, 6.07) is 6.16. The van der Waals surface area contributed by atoms with E-state index in [1.165, 1.54) is 12.1 Å². The highest BCUT2D eigenvalue weighted by atomic mass is 19.1. The molecule has 0 aliphatic heterocycles. The Labute approximate surface area is 71.4 Å². The first-order chi connectivity index (χ1) is 5.74. The van der Waals surface area contributed by atoms with Gasteiger partial charge in [0.25, 0.3) is 0 Å².